The van der Waals surface area contributed by atoms with Crippen LogP contribution >= 0.6 is 0 Å². The first-order valence-electron chi connectivity index (χ1n) is 10.4. The van der Waals surface area contributed by atoms with Crippen molar-refractivity contribution in [3.05, 3.63) is 94.0 Å². The molecule has 0 amide bonds. The normalized spacial score (nSPS) is 14.1. The minimum Gasteiger partial charge on any atom is -0.0590 e. The van der Waals surface area contributed by atoms with Crippen LogP contribution in [0.4, 0.5) is 0 Å². The molecule has 3 aromatic rings. The third-order valence-corrected chi connectivity index (χ3v) is 6.16. The minimum absolute atomic E-state index is 0.151. The molecule has 0 bridgehead atoms. The van der Waals surface area contributed by atoms with Crippen molar-refractivity contribution < 1.29 is 0 Å². The van der Waals surface area contributed by atoms with Gasteiger partial charge in [0.1, 0.15) is 0 Å². The molecular weight excluding hydrogens is 336 g/mol. The monoisotopic (exact) mass is 368 g/mol. The van der Waals surface area contributed by atoms with Crippen LogP contribution in [-0.2, 0) is 10.8 Å². The summed E-state index contributed by atoms with van der Waals surface area (Å²) in [6.07, 6.45) is 0. The van der Waals surface area contributed by atoms with Crippen molar-refractivity contribution in [2.45, 2.75) is 65.2 Å². The highest BCUT2D eigenvalue weighted by Crippen LogP contribution is 2.50. The fourth-order valence-corrected chi connectivity index (χ4v) is 4.31. The van der Waals surface area contributed by atoms with E-state index in [4.69, 9.17) is 0 Å². The molecule has 0 nitrogen and oxygen atoms in total. The summed E-state index contributed by atoms with van der Waals surface area (Å²) in [4.78, 5) is 0. The Morgan fingerprint density at radius 2 is 1.00 bits per heavy atom. The maximum Gasteiger partial charge on any atom is 0.0352 e. The molecule has 0 spiro atoms. The average Bonchev–Trinajstić information content (AvgIpc) is 2.94. The van der Waals surface area contributed by atoms with E-state index in [1.54, 1.807) is 0 Å². The smallest absolute Gasteiger partial charge is 0.0352 e. The van der Waals surface area contributed by atoms with Crippen molar-refractivity contribution in [2.75, 3.05) is 0 Å². The van der Waals surface area contributed by atoms with Crippen molar-refractivity contribution >= 4 is 0 Å². The Kier molecular flexibility index (Phi) is 4.30. The van der Waals surface area contributed by atoms with Gasteiger partial charge in [-0.15, -0.1) is 0 Å². The largest absolute Gasteiger partial charge is 0.0590 e. The zero-order chi connectivity index (χ0) is 20.3. The molecule has 0 saturated heterocycles. The van der Waals surface area contributed by atoms with Gasteiger partial charge < -0.3 is 0 Å². The predicted molar refractivity (Wildman–Crippen MR) is 121 cm³/mol. The second-order valence-electron chi connectivity index (χ2n) is 10.4. The highest BCUT2D eigenvalue weighted by molar-refractivity contribution is 5.81. The summed E-state index contributed by atoms with van der Waals surface area (Å²) in [6.45, 7) is 16.0. The zero-order valence-corrected chi connectivity index (χ0v) is 18.4. The Labute approximate surface area is 170 Å². The quantitative estimate of drug-likeness (QED) is 0.322. The summed E-state index contributed by atoms with van der Waals surface area (Å²) in [7, 11) is 0. The van der Waals surface area contributed by atoms with Crippen molar-refractivity contribution in [1.82, 2.24) is 0 Å². The second-order valence-corrected chi connectivity index (χ2v) is 10.4. The van der Waals surface area contributed by atoms with Gasteiger partial charge in [0.2, 0.25) is 0 Å². The van der Waals surface area contributed by atoms with Gasteiger partial charge in [0.15, 0.2) is 0 Å². The molecule has 1 aliphatic carbocycles. The molecule has 3 aromatic carbocycles. The summed E-state index contributed by atoms with van der Waals surface area (Å²) < 4.78 is 0. The van der Waals surface area contributed by atoms with Crippen LogP contribution in [0.15, 0.2) is 60.7 Å². The number of hydrogen-bond acceptors (Lipinski definition) is 0. The van der Waals surface area contributed by atoms with Gasteiger partial charge in [-0.3, -0.25) is 0 Å². The summed E-state index contributed by atoms with van der Waals surface area (Å²) in [5.74, 6) is 0.315. The fourth-order valence-electron chi connectivity index (χ4n) is 4.31. The molecule has 4 rings (SSSR count). The van der Waals surface area contributed by atoms with E-state index >= 15 is 0 Å². The standard InChI is InChI=1S/C28H32/c1-18-8-10-19(11-9-18)26-24-16-20(27(2,3)4)12-14-22(24)23-15-13-21(17-25(23)26)28(5,6)7/h8-17,26H,1-7H3. The summed E-state index contributed by atoms with van der Waals surface area (Å²) >= 11 is 0. The van der Waals surface area contributed by atoms with E-state index in [1.807, 2.05) is 0 Å². The molecule has 0 N–H and O–H groups in total. The Bertz CT molecular complexity index is 958. The third kappa shape index (κ3) is 3.20. The van der Waals surface area contributed by atoms with Gasteiger partial charge >= 0.3 is 0 Å². The average molecular weight is 369 g/mol. The molecule has 144 valence electrons. The zero-order valence-electron chi connectivity index (χ0n) is 18.4. The Morgan fingerprint density at radius 3 is 1.39 bits per heavy atom. The molecule has 0 atom stereocenters. The van der Waals surface area contributed by atoms with E-state index in [0.717, 1.165) is 0 Å². The van der Waals surface area contributed by atoms with Crippen molar-refractivity contribution in [2.24, 2.45) is 0 Å². The molecule has 0 heteroatoms. The van der Waals surface area contributed by atoms with Gasteiger partial charge in [0.25, 0.3) is 0 Å². The highest BCUT2D eigenvalue weighted by Gasteiger charge is 2.32. The molecule has 1 aliphatic rings. The SMILES string of the molecule is Cc1ccc(C2c3cc(C(C)(C)C)ccc3-c3ccc(C(C)(C)C)cc32)cc1. The highest BCUT2D eigenvalue weighted by atomic mass is 14.4. The maximum atomic E-state index is 2.45. The molecule has 0 aliphatic heterocycles. The van der Waals surface area contributed by atoms with Gasteiger partial charge in [-0.25, -0.2) is 0 Å². The van der Waals surface area contributed by atoms with Gasteiger partial charge in [0.05, 0.1) is 0 Å². The third-order valence-electron chi connectivity index (χ3n) is 6.16. The number of benzene rings is 3. The molecule has 0 saturated carbocycles. The van der Waals surface area contributed by atoms with Crippen LogP contribution in [0.25, 0.3) is 11.1 Å². The summed E-state index contributed by atoms with van der Waals surface area (Å²) in [5.41, 5.74) is 11.5. The Morgan fingerprint density at radius 1 is 0.571 bits per heavy atom. The summed E-state index contributed by atoms with van der Waals surface area (Å²) in [5, 5.41) is 0. The molecule has 0 radical (unpaired) electrons. The lowest BCUT2D eigenvalue weighted by Gasteiger charge is -2.23. The lowest BCUT2D eigenvalue weighted by molar-refractivity contribution is 0.589. The van der Waals surface area contributed by atoms with E-state index in [-0.39, 0.29) is 10.8 Å². The van der Waals surface area contributed by atoms with E-state index in [2.05, 4.69) is 109 Å². The number of hydrogen-bond donors (Lipinski definition) is 0. The first-order chi connectivity index (χ1) is 13.1. The first kappa shape index (κ1) is 19.0. The molecule has 0 fully saturated rings. The van der Waals surface area contributed by atoms with Crippen molar-refractivity contribution in [1.29, 1.82) is 0 Å². The Balaban J connectivity index is 1.97. The molecule has 0 heterocycles. The molecule has 28 heavy (non-hydrogen) atoms. The van der Waals surface area contributed by atoms with Crippen LogP contribution in [0.3, 0.4) is 0 Å². The van der Waals surface area contributed by atoms with Gasteiger partial charge in [0, 0.05) is 5.92 Å². The van der Waals surface area contributed by atoms with E-state index < -0.39 is 0 Å². The molecule has 0 unspecified atom stereocenters. The maximum absolute atomic E-state index is 2.45. The van der Waals surface area contributed by atoms with Gasteiger partial charge in [-0.2, -0.15) is 0 Å². The van der Waals surface area contributed by atoms with E-state index in [9.17, 15) is 0 Å². The number of aryl methyl sites for hydroxylation is 1. The van der Waals surface area contributed by atoms with Crippen molar-refractivity contribution in [3.8, 4) is 11.1 Å². The van der Waals surface area contributed by atoms with Crippen LogP contribution in [0.5, 0.6) is 0 Å². The van der Waals surface area contributed by atoms with Crippen LogP contribution < -0.4 is 0 Å². The topological polar surface area (TPSA) is 0 Å². The second kappa shape index (κ2) is 6.34. The molecule has 0 aromatic heterocycles. The molecular formula is C28H32. The lowest BCUT2D eigenvalue weighted by Crippen LogP contribution is -2.12. The number of rotatable bonds is 1. The van der Waals surface area contributed by atoms with Crippen LogP contribution in [0, 0.1) is 6.92 Å². The minimum atomic E-state index is 0.151. The van der Waals surface area contributed by atoms with E-state index in [1.165, 1.54) is 44.5 Å². The van der Waals surface area contributed by atoms with E-state index in [0.29, 0.717) is 5.92 Å². The van der Waals surface area contributed by atoms with Gasteiger partial charge in [-0.1, -0.05) is 108 Å². The van der Waals surface area contributed by atoms with Crippen LogP contribution in [0.1, 0.15) is 80.8 Å². The summed E-state index contributed by atoms with van der Waals surface area (Å²) in [6, 6.07) is 23.4. The lowest BCUT2D eigenvalue weighted by atomic mass is 9.81. The first-order valence-corrected chi connectivity index (χ1v) is 10.4. The van der Waals surface area contributed by atoms with Crippen LogP contribution in [0.2, 0.25) is 0 Å². The van der Waals surface area contributed by atoms with Gasteiger partial charge in [-0.05, 0) is 56.7 Å². The predicted octanol–water partition coefficient (Wildman–Crippen LogP) is 7.75. The number of fused-ring (bicyclic) bond motifs is 3. The fraction of sp³-hybridized carbons (Fsp3) is 0.357. The van der Waals surface area contributed by atoms with Crippen molar-refractivity contribution in [3.63, 3.8) is 0 Å². The Hall–Kier alpha value is -2.34. The van der Waals surface area contributed by atoms with Crippen LogP contribution in [-0.4, -0.2) is 0 Å².